The molecule has 0 fully saturated rings. The van der Waals surface area contributed by atoms with Crippen molar-refractivity contribution in [2.75, 3.05) is 0 Å². The van der Waals surface area contributed by atoms with Gasteiger partial charge in [-0.3, -0.25) is 0 Å². The second-order valence-corrected chi connectivity index (χ2v) is 16.0. The summed E-state index contributed by atoms with van der Waals surface area (Å²) < 4.78 is 4.79. The SMILES string of the molecule is N#Cc1c(-c2ccccc2)nc(-c2cc(-n3c4ccccc4c4cc(-n5c6ccccc6c6ccccc65)ccc43)c(-c3ccccc3)cc2-c2ccccc2)nc1-c1ccccc1. The zero-order valence-electron chi connectivity index (χ0n) is 34.6. The first-order chi connectivity index (χ1) is 31.7. The summed E-state index contributed by atoms with van der Waals surface area (Å²) in [5.41, 5.74) is 15.0. The van der Waals surface area contributed by atoms with Gasteiger partial charge in [0, 0.05) is 49.5 Å². The molecule has 9 aromatic carbocycles. The van der Waals surface area contributed by atoms with Crippen LogP contribution in [0.15, 0.2) is 224 Å². The highest BCUT2D eigenvalue weighted by molar-refractivity contribution is 6.13. The first kappa shape index (κ1) is 37.0. The van der Waals surface area contributed by atoms with Crippen molar-refractivity contribution in [1.82, 2.24) is 19.1 Å². The molecule has 0 amide bonds. The van der Waals surface area contributed by atoms with E-state index in [0.717, 1.165) is 72.1 Å². The van der Waals surface area contributed by atoms with Crippen LogP contribution in [0, 0.1) is 11.3 Å². The number of benzene rings is 9. The molecule has 0 saturated carbocycles. The highest BCUT2D eigenvalue weighted by atomic mass is 15.0. The van der Waals surface area contributed by atoms with Gasteiger partial charge in [0.2, 0.25) is 0 Å². The summed E-state index contributed by atoms with van der Waals surface area (Å²) in [4.78, 5) is 10.7. The molecule has 0 atom stereocenters. The number of hydrogen-bond donors (Lipinski definition) is 0. The second-order valence-electron chi connectivity index (χ2n) is 16.0. The fraction of sp³-hybridized carbons (Fsp3) is 0. The number of para-hydroxylation sites is 3. The molecule has 3 heterocycles. The van der Waals surface area contributed by atoms with E-state index in [-0.39, 0.29) is 0 Å². The third-order valence-electron chi connectivity index (χ3n) is 12.4. The molecule has 0 aliphatic rings. The summed E-state index contributed by atoms with van der Waals surface area (Å²) in [5.74, 6) is 0.533. The van der Waals surface area contributed by atoms with Crippen LogP contribution in [0.3, 0.4) is 0 Å². The molecular formula is C59H37N5. The van der Waals surface area contributed by atoms with E-state index >= 15 is 0 Å². The van der Waals surface area contributed by atoms with E-state index in [1.54, 1.807) is 0 Å². The van der Waals surface area contributed by atoms with Crippen molar-refractivity contribution in [3.8, 4) is 73.6 Å². The van der Waals surface area contributed by atoms with E-state index < -0.39 is 0 Å². The molecule has 0 aliphatic heterocycles. The average Bonchev–Trinajstić information content (AvgIpc) is 3.89. The fourth-order valence-electron chi connectivity index (χ4n) is 9.52. The number of fused-ring (bicyclic) bond motifs is 6. The van der Waals surface area contributed by atoms with Crippen LogP contribution in [0.5, 0.6) is 0 Å². The van der Waals surface area contributed by atoms with E-state index in [9.17, 15) is 5.26 Å². The molecule has 0 bridgehead atoms. The van der Waals surface area contributed by atoms with Gasteiger partial charge in [0.25, 0.3) is 0 Å². The van der Waals surface area contributed by atoms with Crippen LogP contribution >= 0.6 is 0 Å². The predicted molar refractivity (Wildman–Crippen MR) is 263 cm³/mol. The molecule has 5 heteroatoms. The topological polar surface area (TPSA) is 59.4 Å². The van der Waals surface area contributed by atoms with Crippen LogP contribution in [0.25, 0.3) is 111 Å². The van der Waals surface area contributed by atoms with Crippen molar-refractivity contribution in [3.63, 3.8) is 0 Å². The van der Waals surface area contributed by atoms with Crippen LogP contribution in [-0.4, -0.2) is 19.1 Å². The average molecular weight is 816 g/mol. The lowest BCUT2D eigenvalue weighted by Crippen LogP contribution is -2.04. The summed E-state index contributed by atoms with van der Waals surface area (Å²) in [7, 11) is 0. The van der Waals surface area contributed by atoms with Crippen LogP contribution in [0.4, 0.5) is 0 Å². The number of rotatable bonds is 7. The minimum absolute atomic E-state index is 0.435. The van der Waals surface area contributed by atoms with Crippen LogP contribution in [0.1, 0.15) is 5.56 Å². The quantitative estimate of drug-likeness (QED) is 0.161. The molecule has 64 heavy (non-hydrogen) atoms. The summed E-state index contributed by atoms with van der Waals surface area (Å²) >= 11 is 0. The zero-order chi connectivity index (χ0) is 42.6. The van der Waals surface area contributed by atoms with Gasteiger partial charge in [0.15, 0.2) is 5.82 Å². The fourth-order valence-corrected chi connectivity index (χ4v) is 9.52. The second kappa shape index (κ2) is 15.3. The molecule has 298 valence electrons. The Morgan fingerprint density at radius 2 is 0.766 bits per heavy atom. The summed E-state index contributed by atoms with van der Waals surface area (Å²) in [6.45, 7) is 0. The number of nitrogens with zero attached hydrogens (tertiary/aromatic N) is 5. The highest BCUT2D eigenvalue weighted by Crippen LogP contribution is 2.44. The molecule has 12 aromatic rings. The van der Waals surface area contributed by atoms with Gasteiger partial charge < -0.3 is 9.13 Å². The Bertz CT molecular complexity index is 3650. The minimum Gasteiger partial charge on any atom is -0.309 e. The Hall–Kier alpha value is -8.85. The smallest absolute Gasteiger partial charge is 0.161 e. The first-order valence-corrected chi connectivity index (χ1v) is 21.5. The molecule has 0 unspecified atom stereocenters. The van der Waals surface area contributed by atoms with Gasteiger partial charge in [-0.1, -0.05) is 176 Å². The molecular weight excluding hydrogens is 779 g/mol. The Morgan fingerprint density at radius 3 is 1.28 bits per heavy atom. The Labute approximate surface area is 370 Å². The largest absolute Gasteiger partial charge is 0.309 e. The Morgan fingerprint density at radius 1 is 0.344 bits per heavy atom. The van der Waals surface area contributed by atoms with Gasteiger partial charge in [-0.05, 0) is 65.2 Å². The van der Waals surface area contributed by atoms with Crippen molar-refractivity contribution < 1.29 is 0 Å². The van der Waals surface area contributed by atoms with Crippen LogP contribution in [-0.2, 0) is 0 Å². The van der Waals surface area contributed by atoms with Crippen LogP contribution in [0.2, 0.25) is 0 Å². The maximum Gasteiger partial charge on any atom is 0.161 e. The molecule has 0 N–H and O–H groups in total. The van der Waals surface area contributed by atoms with E-state index in [1.165, 1.54) is 21.8 Å². The molecule has 0 spiro atoms. The third kappa shape index (κ3) is 6.00. The van der Waals surface area contributed by atoms with Gasteiger partial charge in [-0.15, -0.1) is 0 Å². The van der Waals surface area contributed by atoms with Gasteiger partial charge in [-0.2, -0.15) is 5.26 Å². The lowest BCUT2D eigenvalue weighted by Gasteiger charge is -2.20. The van der Waals surface area contributed by atoms with Gasteiger partial charge in [0.05, 0.1) is 39.1 Å². The minimum atomic E-state index is 0.435. The van der Waals surface area contributed by atoms with Gasteiger partial charge in [0.1, 0.15) is 11.6 Å². The van der Waals surface area contributed by atoms with Crippen molar-refractivity contribution in [3.05, 3.63) is 230 Å². The first-order valence-electron chi connectivity index (χ1n) is 21.5. The lowest BCUT2D eigenvalue weighted by molar-refractivity contribution is 1.15. The monoisotopic (exact) mass is 815 g/mol. The predicted octanol–water partition coefficient (Wildman–Crippen LogP) is 14.9. The van der Waals surface area contributed by atoms with E-state index in [1.807, 2.05) is 66.7 Å². The van der Waals surface area contributed by atoms with Crippen molar-refractivity contribution in [2.45, 2.75) is 0 Å². The summed E-state index contributed by atoms with van der Waals surface area (Å²) in [6.07, 6.45) is 0. The number of hydrogen-bond acceptors (Lipinski definition) is 3. The van der Waals surface area contributed by atoms with Gasteiger partial charge in [-0.25, -0.2) is 9.97 Å². The maximum absolute atomic E-state index is 10.8. The zero-order valence-corrected chi connectivity index (χ0v) is 34.6. The van der Waals surface area contributed by atoms with E-state index in [2.05, 4.69) is 173 Å². The standard InChI is InChI=1S/C59H37N5/c60-38-51-57(41-23-9-3-10-24-41)61-59(62-58(51)42-25-11-4-12-26-42)50-37-56(48(40-21-7-2-8-22-40)36-47(50)39-19-5-1-6-20-39)64-54-32-18-15-29-46(54)49-35-43(33-34-55(49)64)63-52-30-16-13-27-44(52)45-28-14-17-31-53(45)63/h1-37H. The molecule has 3 aromatic heterocycles. The lowest BCUT2D eigenvalue weighted by atomic mass is 9.91. The third-order valence-corrected chi connectivity index (χ3v) is 12.4. The molecule has 0 radical (unpaired) electrons. The molecule has 5 nitrogen and oxygen atoms in total. The number of aromatic nitrogens is 4. The van der Waals surface area contributed by atoms with Gasteiger partial charge >= 0.3 is 0 Å². The Balaban J connectivity index is 1.18. The van der Waals surface area contributed by atoms with Crippen LogP contribution < -0.4 is 0 Å². The summed E-state index contributed by atoms with van der Waals surface area (Å²) in [5, 5.41) is 15.6. The summed E-state index contributed by atoms with van der Waals surface area (Å²) in [6, 6.07) is 81.0. The maximum atomic E-state index is 10.8. The van der Waals surface area contributed by atoms with Crippen molar-refractivity contribution in [1.29, 1.82) is 5.26 Å². The molecule has 12 rings (SSSR count). The molecule has 0 aliphatic carbocycles. The van der Waals surface area contributed by atoms with Crippen molar-refractivity contribution in [2.24, 2.45) is 0 Å². The van der Waals surface area contributed by atoms with E-state index in [0.29, 0.717) is 22.8 Å². The molecule has 0 saturated heterocycles. The van der Waals surface area contributed by atoms with E-state index in [4.69, 9.17) is 9.97 Å². The highest BCUT2D eigenvalue weighted by Gasteiger charge is 2.25. The van der Waals surface area contributed by atoms with Crippen molar-refractivity contribution >= 4 is 43.6 Å². The Kier molecular flexibility index (Phi) is 8.81. The normalized spacial score (nSPS) is 11.4. The number of nitriles is 1.